The third kappa shape index (κ3) is 5.08. The molecule has 4 rings (SSSR count). The number of ether oxygens (including phenoxy) is 1. The van der Waals surface area contributed by atoms with E-state index in [1.54, 1.807) is 30.2 Å². The fraction of sp³-hybridized carbons (Fsp3) is 0.136. The van der Waals surface area contributed by atoms with E-state index in [0.29, 0.717) is 31.0 Å². The molecule has 0 saturated carbocycles. The van der Waals surface area contributed by atoms with Gasteiger partial charge in [0.15, 0.2) is 0 Å². The van der Waals surface area contributed by atoms with Crippen molar-refractivity contribution in [2.45, 2.75) is 19.7 Å². The molecule has 1 N–H and O–H groups in total. The number of benzene rings is 2. The lowest BCUT2D eigenvalue weighted by molar-refractivity contribution is 0.0950. The Kier molecular flexibility index (Phi) is 5.97. The molecule has 0 spiro atoms. The van der Waals surface area contributed by atoms with E-state index >= 15 is 0 Å². The lowest BCUT2D eigenvalue weighted by Crippen LogP contribution is -2.23. The van der Waals surface area contributed by atoms with Crippen molar-refractivity contribution < 1.29 is 9.53 Å². The summed E-state index contributed by atoms with van der Waals surface area (Å²) in [5.74, 6) is 0.507. The topological polar surface area (TPSA) is 69.0 Å². The number of nitrogens with zero attached hydrogens (tertiary/aromatic N) is 3. The summed E-state index contributed by atoms with van der Waals surface area (Å²) in [6.45, 7) is 1.55. The van der Waals surface area contributed by atoms with Crippen molar-refractivity contribution in [3.05, 3.63) is 101 Å². The van der Waals surface area contributed by atoms with E-state index in [0.717, 1.165) is 16.8 Å². The smallest absolute Gasteiger partial charge is 0.251 e. The highest BCUT2D eigenvalue weighted by atomic mass is 32.1. The van der Waals surface area contributed by atoms with Crippen LogP contribution < -0.4 is 10.1 Å². The van der Waals surface area contributed by atoms with Crippen molar-refractivity contribution in [2.75, 3.05) is 0 Å². The van der Waals surface area contributed by atoms with E-state index in [9.17, 15) is 4.79 Å². The highest BCUT2D eigenvalue weighted by Crippen LogP contribution is 2.16. The molecule has 0 radical (unpaired) electrons. The molecule has 0 atom stereocenters. The van der Waals surface area contributed by atoms with Gasteiger partial charge in [0.1, 0.15) is 12.4 Å². The summed E-state index contributed by atoms with van der Waals surface area (Å²) < 4.78 is 7.74. The van der Waals surface area contributed by atoms with Gasteiger partial charge in [-0.2, -0.15) is 0 Å². The van der Waals surface area contributed by atoms with Gasteiger partial charge in [0.2, 0.25) is 0 Å². The zero-order valence-corrected chi connectivity index (χ0v) is 16.5. The summed E-state index contributed by atoms with van der Waals surface area (Å²) in [4.78, 5) is 20.9. The quantitative estimate of drug-likeness (QED) is 0.484. The van der Waals surface area contributed by atoms with Gasteiger partial charge in [-0.05, 0) is 29.3 Å². The molecule has 0 saturated heterocycles. The van der Waals surface area contributed by atoms with Gasteiger partial charge in [-0.3, -0.25) is 4.79 Å². The Morgan fingerprint density at radius 1 is 1.14 bits per heavy atom. The highest BCUT2D eigenvalue weighted by molar-refractivity contribution is 7.07. The summed E-state index contributed by atoms with van der Waals surface area (Å²) in [5, 5.41) is 4.94. The maximum atomic E-state index is 12.6. The van der Waals surface area contributed by atoms with Crippen molar-refractivity contribution in [3.63, 3.8) is 0 Å². The summed E-state index contributed by atoms with van der Waals surface area (Å²) in [7, 11) is 0. The number of amides is 1. The van der Waals surface area contributed by atoms with E-state index in [1.807, 2.05) is 46.5 Å². The first kappa shape index (κ1) is 18.9. The van der Waals surface area contributed by atoms with Crippen molar-refractivity contribution in [2.24, 2.45) is 0 Å². The Labute approximate surface area is 172 Å². The Balaban J connectivity index is 1.38. The van der Waals surface area contributed by atoms with Gasteiger partial charge in [-0.15, -0.1) is 11.3 Å². The fourth-order valence-electron chi connectivity index (χ4n) is 2.93. The molecule has 0 bridgehead atoms. The maximum Gasteiger partial charge on any atom is 0.251 e. The first-order valence-electron chi connectivity index (χ1n) is 9.18. The number of imidazole rings is 1. The first-order chi connectivity index (χ1) is 14.3. The van der Waals surface area contributed by atoms with Gasteiger partial charge in [-0.25, -0.2) is 9.97 Å². The predicted molar refractivity (Wildman–Crippen MR) is 112 cm³/mol. The van der Waals surface area contributed by atoms with Crippen molar-refractivity contribution in [1.82, 2.24) is 19.9 Å². The van der Waals surface area contributed by atoms with Crippen LogP contribution in [0.1, 0.15) is 27.2 Å². The van der Waals surface area contributed by atoms with Crippen LogP contribution in [0.5, 0.6) is 5.75 Å². The second kappa shape index (κ2) is 9.16. The van der Waals surface area contributed by atoms with Gasteiger partial charge in [0, 0.05) is 36.4 Å². The fourth-order valence-corrected chi connectivity index (χ4v) is 3.48. The Bertz CT molecular complexity index is 1060. The van der Waals surface area contributed by atoms with Crippen LogP contribution in [0, 0.1) is 0 Å². The zero-order valence-electron chi connectivity index (χ0n) is 15.7. The summed E-state index contributed by atoms with van der Waals surface area (Å²) in [5.41, 5.74) is 5.43. The number of rotatable bonds is 8. The lowest BCUT2D eigenvalue weighted by Gasteiger charge is -2.12. The molecule has 4 aromatic rings. The van der Waals surface area contributed by atoms with Crippen LogP contribution in [0.25, 0.3) is 0 Å². The molecular formula is C22H20N4O2S. The standard InChI is InChI=1S/C22H20N4O2S/c27-22(17-6-3-7-21(10-17)28-13-20-14-29-16-25-20)24-11-18-4-1-2-5-19(18)12-26-9-8-23-15-26/h1-10,14-16H,11-13H2,(H,24,27). The van der Waals surface area contributed by atoms with Gasteiger partial charge in [0.25, 0.3) is 5.91 Å². The van der Waals surface area contributed by atoms with Gasteiger partial charge in [0.05, 0.1) is 17.5 Å². The molecule has 0 aliphatic carbocycles. The van der Waals surface area contributed by atoms with E-state index in [4.69, 9.17) is 4.74 Å². The van der Waals surface area contributed by atoms with Gasteiger partial charge < -0.3 is 14.6 Å². The minimum Gasteiger partial charge on any atom is -0.487 e. The Morgan fingerprint density at radius 2 is 2.03 bits per heavy atom. The maximum absolute atomic E-state index is 12.6. The van der Waals surface area contributed by atoms with E-state index < -0.39 is 0 Å². The average Bonchev–Trinajstić information content (AvgIpc) is 3.46. The Hall–Kier alpha value is -3.45. The van der Waals surface area contributed by atoms with Crippen molar-refractivity contribution >= 4 is 17.2 Å². The molecule has 29 heavy (non-hydrogen) atoms. The van der Waals surface area contributed by atoms with Crippen LogP contribution in [0.2, 0.25) is 0 Å². The molecule has 2 aromatic heterocycles. The van der Waals surface area contributed by atoms with Crippen LogP contribution in [-0.2, 0) is 19.7 Å². The van der Waals surface area contributed by atoms with Crippen molar-refractivity contribution in [3.8, 4) is 5.75 Å². The second-order valence-electron chi connectivity index (χ2n) is 6.48. The molecule has 0 aliphatic rings. The molecule has 146 valence electrons. The monoisotopic (exact) mass is 404 g/mol. The molecule has 7 heteroatoms. The largest absolute Gasteiger partial charge is 0.487 e. The van der Waals surface area contributed by atoms with Crippen LogP contribution in [0.15, 0.2) is 78.1 Å². The first-order valence-corrected chi connectivity index (χ1v) is 10.1. The molecule has 2 heterocycles. The number of carbonyl (C=O) groups excluding carboxylic acids is 1. The Morgan fingerprint density at radius 3 is 2.83 bits per heavy atom. The summed E-state index contributed by atoms with van der Waals surface area (Å²) in [6, 6.07) is 15.3. The number of aromatic nitrogens is 3. The number of carbonyl (C=O) groups is 1. The third-order valence-corrected chi connectivity index (χ3v) is 5.07. The van der Waals surface area contributed by atoms with E-state index in [1.165, 1.54) is 11.3 Å². The minimum absolute atomic E-state index is 0.137. The molecule has 6 nitrogen and oxygen atoms in total. The van der Waals surface area contributed by atoms with Crippen LogP contribution in [-0.4, -0.2) is 20.4 Å². The SMILES string of the molecule is O=C(NCc1ccccc1Cn1ccnc1)c1cccc(OCc2cscn2)c1. The molecule has 0 fully saturated rings. The molecule has 1 amide bonds. The van der Waals surface area contributed by atoms with Crippen LogP contribution >= 0.6 is 11.3 Å². The zero-order chi connectivity index (χ0) is 19.9. The van der Waals surface area contributed by atoms with Gasteiger partial charge >= 0.3 is 0 Å². The second-order valence-corrected chi connectivity index (χ2v) is 7.20. The molecule has 2 aromatic carbocycles. The predicted octanol–water partition coefficient (Wildman–Crippen LogP) is 3.90. The number of thiazole rings is 1. The number of hydrogen-bond donors (Lipinski definition) is 1. The summed E-state index contributed by atoms with van der Waals surface area (Å²) in [6.07, 6.45) is 5.47. The van der Waals surface area contributed by atoms with E-state index in [-0.39, 0.29) is 5.91 Å². The minimum atomic E-state index is -0.137. The molecule has 0 aliphatic heterocycles. The van der Waals surface area contributed by atoms with Crippen LogP contribution in [0.3, 0.4) is 0 Å². The normalized spacial score (nSPS) is 10.6. The van der Waals surface area contributed by atoms with Crippen LogP contribution in [0.4, 0.5) is 0 Å². The van der Waals surface area contributed by atoms with Gasteiger partial charge in [-0.1, -0.05) is 30.3 Å². The molecular weight excluding hydrogens is 384 g/mol. The number of nitrogens with one attached hydrogen (secondary N) is 1. The highest BCUT2D eigenvalue weighted by Gasteiger charge is 2.09. The van der Waals surface area contributed by atoms with E-state index in [2.05, 4.69) is 21.4 Å². The summed E-state index contributed by atoms with van der Waals surface area (Å²) >= 11 is 1.53. The third-order valence-electron chi connectivity index (χ3n) is 4.44. The average molecular weight is 404 g/mol. The lowest BCUT2D eigenvalue weighted by atomic mass is 10.1. The number of hydrogen-bond acceptors (Lipinski definition) is 5. The van der Waals surface area contributed by atoms with Crippen molar-refractivity contribution in [1.29, 1.82) is 0 Å². The molecule has 0 unspecified atom stereocenters.